The lowest BCUT2D eigenvalue weighted by molar-refractivity contribution is 0.0996. The molecule has 0 radical (unpaired) electrons. The van der Waals surface area contributed by atoms with Gasteiger partial charge in [-0.25, -0.2) is 0 Å². The fraction of sp³-hybridized carbons (Fsp3) is 0.188. The Bertz CT molecular complexity index is 537. The van der Waals surface area contributed by atoms with Gasteiger partial charge >= 0.3 is 0 Å². The van der Waals surface area contributed by atoms with Gasteiger partial charge in [-0.2, -0.15) is 0 Å². The van der Waals surface area contributed by atoms with Gasteiger partial charge in [0, 0.05) is 0 Å². The van der Waals surface area contributed by atoms with Crippen molar-refractivity contribution in [2.24, 2.45) is 5.73 Å². The molecule has 19 heavy (non-hydrogen) atoms. The molecule has 0 aliphatic carbocycles. The molecule has 0 atom stereocenters. The van der Waals surface area contributed by atoms with E-state index in [4.69, 9.17) is 10.5 Å². The van der Waals surface area contributed by atoms with E-state index in [0.29, 0.717) is 17.9 Å². The van der Waals surface area contributed by atoms with Gasteiger partial charge in [-0.3, -0.25) is 4.79 Å². The fourth-order valence-electron chi connectivity index (χ4n) is 1.90. The van der Waals surface area contributed by atoms with Crippen molar-refractivity contribution in [1.82, 2.24) is 0 Å². The second-order valence-corrected chi connectivity index (χ2v) is 4.30. The summed E-state index contributed by atoms with van der Waals surface area (Å²) < 4.78 is 5.62. The number of benzene rings is 2. The van der Waals surface area contributed by atoms with Gasteiger partial charge < -0.3 is 10.5 Å². The number of rotatable bonds is 6. The van der Waals surface area contributed by atoms with Gasteiger partial charge in [0.15, 0.2) is 0 Å². The van der Waals surface area contributed by atoms with Gasteiger partial charge in [-0.15, -0.1) is 0 Å². The molecule has 0 fully saturated rings. The zero-order valence-corrected chi connectivity index (χ0v) is 10.7. The molecule has 1 amide bonds. The summed E-state index contributed by atoms with van der Waals surface area (Å²) in [4.78, 5) is 11.2. The van der Waals surface area contributed by atoms with Crippen LogP contribution in [0.2, 0.25) is 0 Å². The van der Waals surface area contributed by atoms with Crippen LogP contribution in [0.5, 0.6) is 5.75 Å². The molecule has 0 saturated carbocycles. The molecular formula is C16H17NO2. The Morgan fingerprint density at radius 2 is 1.68 bits per heavy atom. The van der Waals surface area contributed by atoms with Gasteiger partial charge in [0.05, 0.1) is 12.2 Å². The highest BCUT2D eigenvalue weighted by Crippen LogP contribution is 2.17. The number of carbonyl (C=O) groups is 1. The number of para-hydroxylation sites is 1. The van der Waals surface area contributed by atoms with E-state index in [9.17, 15) is 4.79 Å². The van der Waals surface area contributed by atoms with E-state index in [-0.39, 0.29) is 0 Å². The number of carbonyl (C=O) groups excluding carboxylic acids is 1. The molecule has 2 N–H and O–H groups in total. The van der Waals surface area contributed by atoms with Gasteiger partial charge in [0.1, 0.15) is 5.75 Å². The summed E-state index contributed by atoms with van der Waals surface area (Å²) in [5, 5.41) is 0. The van der Waals surface area contributed by atoms with E-state index in [1.54, 1.807) is 18.2 Å². The van der Waals surface area contributed by atoms with Crippen LogP contribution in [0.4, 0.5) is 0 Å². The Hall–Kier alpha value is -2.29. The maximum atomic E-state index is 11.2. The summed E-state index contributed by atoms with van der Waals surface area (Å²) in [5.74, 6) is 0.0988. The van der Waals surface area contributed by atoms with Crippen molar-refractivity contribution in [3.63, 3.8) is 0 Å². The molecule has 0 aliphatic rings. The summed E-state index contributed by atoms with van der Waals surface area (Å²) in [6.45, 7) is 0.569. The first-order chi connectivity index (χ1) is 9.27. The van der Waals surface area contributed by atoms with E-state index in [1.807, 2.05) is 24.3 Å². The van der Waals surface area contributed by atoms with E-state index < -0.39 is 5.91 Å². The van der Waals surface area contributed by atoms with Crippen molar-refractivity contribution >= 4 is 5.91 Å². The van der Waals surface area contributed by atoms with E-state index >= 15 is 0 Å². The first-order valence-corrected chi connectivity index (χ1v) is 6.33. The number of hydrogen-bond acceptors (Lipinski definition) is 2. The van der Waals surface area contributed by atoms with Gasteiger partial charge in [-0.05, 0) is 30.5 Å². The quantitative estimate of drug-likeness (QED) is 0.807. The highest BCUT2D eigenvalue weighted by Gasteiger charge is 2.07. The molecule has 3 nitrogen and oxygen atoms in total. The van der Waals surface area contributed by atoms with Gasteiger partial charge in [0.25, 0.3) is 5.91 Å². The molecule has 3 heteroatoms. The maximum Gasteiger partial charge on any atom is 0.252 e. The molecule has 0 bridgehead atoms. The highest BCUT2D eigenvalue weighted by atomic mass is 16.5. The van der Waals surface area contributed by atoms with Crippen molar-refractivity contribution in [3.8, 4) is 5.75 Å². The molecule has 0 saturated heterocycles. The second kappa shape index (κ2) is 6.59. The zero-order valence-electron chi connectivity index (χ0n) is 10.7. The Kier molecular flexibility index (Phi) is 4.56. The first kappa shape index (κ1) is 13.1. The van der Waals surface area contributed by atoms with Crippen molar-refractivity contribution < 1.29 is 9.53 Å². The Morgan fingerprint density at radius 3 is 2.42 bits per heavy atom. The van der Waals surface area contributed by atoms with Crippen LogP contribution in [0.1, 0.15) is 22.3 Å². The molecule has 2 aromatic rings. The first-order valence-electron chi connectivity index (χ1n) is 6.33. The number of primary amides is 1. The summed E-state index contributed by atoms with van der Waals surface area (Å²) >= 11 is 0. The molecule has 0 spiro atoms. The lowest BCUT2D eigenvalue weighted by Crippen LogP contribution is -2.13. The Labute approximate surface area is 113 Å². The number of aryl methyl sites for hydroxylation is 1. The number of amides is 1. The number of ether oxygens (including phenoxy) is 1. The molecule has 0 aliphatic heterocycles. The normalized spacial score (nSPS) is 10.1. The second-order valence-electron chi connectivity index (χ2n) is 4.30. The minimum Gasteiger partial charge on any atom is -0.493 e. The monoisotopic (exact) mass is 255 g/mol. The molecular weight excluding hydrogens is 238 g/mol. The van der Waals surface area contributed by atoms with Crippen molar-refractivity contribution in [2.75, 3.05) is 6.61 Å². The number of nitrogens with two attached hydrogens (primary N) is 1. The molecule has 2 aromatic carbocycles. The third kappa shape index (κ3) is 3.85. The standard InChI is InChI=1S/C16H17NO2/c17-16(18)14-10-4-5-11-15(14)19-12-6-9-13-7-2-1-3-8-13/h1-5,7-8,10-11H,6,9,12H2,(H2,17,18). The predicted molar refractivity (Wildman–Crippen MR) is 75.2 cm³/mol. The van der Waals surface area contributed by atoms with Crippen molar-refractivity contribution in [2.45, 2.75) is 12.8 Å². The van der Waals surface area contributed by atoms with E-state index in [0.717, 1.165) is 12.8 Å². The molecule has 0 unspecified atom stereocenters. The third-order valence-corrected chi connectivity index (χ3v) is 2.86. The average molecular weight is 255 g/mol. The maximum absolute atomic E-state index is 11.2. The van der Waals surface area contributed by atoms with Gasteiger partial charge in [-0.1, -0.05) is 42.5 Å². The number of hydrogen-bond donors (Lipinski definition) is 1. The zero-order chi connectivity index (χ0) is 13.5. The Balaban J connectivity index is 1.85. The lowest BCUT2D eigenvalue weighted by Gasteiger charge is -2.09. The van der Waals surface area contributed by atoms with Crippen LogP contribution >= 0.6 is 0 Å². The largest absolute Gasteiger partial charge is 0.493 e. The smallest absolute Gasteiger partial charge is 0.252 e. The van der Waals surface area contributed by atoms with Crippen LogP contribution in [0.15, 0.2) is 54.6 Å². The molecule has 2 rings (SSSR count). The minimum atomic E-state index is -0.460. The van der Waals surface area contributed by atoms with Crippen LogP contribution in [0, 0.1) is 0 Å². The fourth-order valence-corrected chi connectivity index (χ4v) is 1.90. The third-order valence-electron chi connectivity index (χ3n) is 2.86. The topological polar surface area (TPSA) is 52.3 Å². The van der Waals surface area contributed by atoms with Crippen LogP contribution in [-0.4, -0.2) is 12.5 Å². The predicted octanol–water partition coefficient (Wildman–Crippen LogP) is 2.80. The van der Waals surface area contributed by atoms with E-state index in [1.165, 1.54) is 5.56 Å². The van der Waals surface area contributed by atoms with Crippen LogP contribution < -0.4 is 10.5 Å². The summed E-state index contributed by atoms with van der Waals surface area (Å²) in [5.41, 5.74) is 7.01. The van der Waals surface area contributed by atoms with Gasteiger partial charge in [0.2, 0.25) is 0 Å². The van der Waals surface area contributed by atoms with E-state index in [2.05, 4.69) is 12.1 Å². The van der Waals surface area contributed by atoms with Crippen molar-refractivity contribution in [1.29, 1.82) is 0 Å². The van der Waals surface area contributed by atoms with Crippen LogP contribution in [0.3, 0.4) is 0 Å². The molecule has 0 heterocycles. The van der Waals surface area contributed by atoms with Crippen molar-refractivity contribution in [3.05, 3.63) is 65.7 Å². The Morgan fingerprint density at radius 1 is 1.00 bits per heavy atom. The van der Waals surface area contributed by atoms with Crippen LogP contribution in [-0.2, 0) is 6.42 Å². The SMILES string of the molecule is NC(=O)c1ccccc1OCCCc1ccccc1. The van der Waals surface area contributed by atoms with Crippen LogP contribution in [0.25, 0.3) is 0 Å². The summed E-state index contributed by atoms with van der Waals surface area (Å²) in [6, 6.07) is 17.3. The average Bonchev–Trinajstić information content (AvgIpc) is 2.45. The molecule has 98 valence electrons. The molecule has 0 aromatic heterocycles. The minimum absolute atomic E-state index is 0.433. The summed E-state index contributed by atoms with van der Waals surface area (Å²) in [7, 11) is 0. The highest BCUT2D eigenvalue weighted by molar-refractivity contribution is 5.95. The lowest BCUT2D eigenvalue weighted by atomic mass is 10.1. The summed E-state index contributed by atoms with van der Waals surface area (Å²) in [6.07, 6.45) is 1.86.